The minimum atomic E-state index is -4.42. The Kier molecular flexibility index (Phi) is 5.95. The van der Waals surface area contributed by atoms with Crippen molar-refractivity contribution in [2.75, 3.05) is 11.9 Å². The molecule has 25 heavy (non-hydrogen) atoms. The van der Waals surface area contributed by atoms with E-state index in [1.54, 1.807) is 0 Å². The molecule has 1 aromatic carbocycles. The molecule has 0 unspecified atom stereocenters. The summed E-state index contributed by atoms with van der Waals surface area (Å²) < 4.78 is 38.1. The van der Waals surface area contributed by atoms with Gasteiger partial charge in [0.25, 0.3) is 5.91 Å². The highest BCUT2D eigenvalue weighted by Crippen LogP contribution is 2.31. The summed E-state index contributed by atoms with van der Waals surface area (Å²) in [7, 11) is 0. The molecule has 2 rings (SSSR count). The predicted octanol–water partition coefficient (Wildman–Crippen LogP) is 4.01. The van der Waals surface area contributed by atoms with Gasteiger partial charge in [0.1, 0.15) is 0 Å². The van der Waals surface area contributed by atoms with Gasteiger partial charge < -0.3 is 10.6 Å². The third-order valence-electron chi connectivity index (χ3n) is 3.37. The lowest BCUT2D eigenvalue weighted by atomic mass is 10.1. The van der Waals surface area contributed by atoms with E-state index >= 15 is 0 Å². The second-order valence-corrected chi connectivity index (χ2v) is 5.95. The van der Waals surface area contributed by atoms with Gasteiger partial charge in [0.05, 0.1) is 5.56 Å². The molecule has 0 bridgehead atoms. The highest BCUT2D eigenvalue weighted by atomic mass is 19.4. The summed E-state index contributed by atoms with van der Waals surface area (Å²) in [6.07, 6.45) is -3.56. The number of nitrogens with zero attached hydrogens (tertiary/aromatic N) is 2. The molecule has 0 spiro atoms. The van der Waals surface area contributed by atoms with Crippen molar-refractivity contribution in [3.63, 3.8) is 0 Å². The van der Waals surface area contributed by atoms with Crippen LogP contribution >= 0.6 is 0 Å². The van der Waals surface area contributed by atoms with Gasteiger partial charge in [0.15, 0.2) is 11.5 Å². The number of rotatable bonds is 6. The fourth-order valence-electron chi connectivity index (χ4n) is 2.01. The summed E-state index contributed by atoms with van der Waals surface area (Å²) in [5, 5.41) is 13.1. The van der Waals surface area contributed by atoms with Crippen LogP contribution in [0.25, 0.3) is 0 Å². The topological polar surface area (TPSA) is 66.9 Å². The third kappa shape index (κ3) is 5.74. The number of alkyl halides is 3. The minimum Gasteiger partial charge on any atom is -0.351 e. The Labute approximate surface area is 143 Å². The van der Waals surface area contributed by atoms with Gasteiger partial charge in [-0.2, -0.15) is 13.2 Å². The van der Waals surface area contributed by atoms with Crippen molar-refractivity contribution in [1.29, 1.82) is 0 Å². The van der Waals surface area contributed by atoms with Crippen molar-refractivity contribution in [2.45, 2.75) is 26.4 Å². The van der Waals surface area contributed by atoms with Gasteiger partial charge in [-0.25, -0.2) is 0 Å². The van der Waals surface area contributed by atoms with Gasteiger partial charge in [-0.05, 0) is 42.7 Å². The lowest BCUT2D eigenvalue weighted by Gasteiger charge is -2.10. The Morgan fingerprint density at radius 3 is 2.52 bits per heavy atom. The fraction of sp³-hybridized carbons (Fsp3) is 0.353. The van der Waals surface area contributed by atoms with Crippen LogP contribution in [0.2, 0.25) is 0 Å². The van der Waals surface area contributed by atoms with E-state index in [-0.39, 0.29) is 23.1 Å². The van der Waals surface area contributed by atoms with E-state index in [1.807, 2.05) is 0 Å². The van der Waals surface area contributed by atoms with Crippen LogP contribution in [0.4, 0.5) is 24.7 Å². The van der Waals surface area contributed by atoms with E-state index in [9.17, 15) is 18.0 Å². The maximum atomic E-state index is 12.7. The van der Waals surface area contributed by atoms with E-state index in [0.29, 0.717) is 12.5 Å². The van der Waals surface area contributed by atoms with Crippen LogP contribution in [0.1, 0.15) is 36.3 Å². The molecule has 1 heterocycles. The minimum absolute atomic E-state index is 0.151. The average molecular weight is 352 g/mol. The Morgan fingerprint density at radius 1 is 1.16 bits per heavy atom. The lowest BCUT2D eigenvalue weighted by molar-refractivity contribution is -0.137. The first-order valence-electron chi connectivity index (χ1n) is 7.82. The van der Waals surface area contributed by atoms with E-state index in [2.05, 4.69) is 34.7 Å². The van der Waals surface area contributed by atoms with Gasteiger partial charge in [0.2, 0.25) is 0 Å². The molecule has 0 atom stereocenters. The van der Waals surface area contributed by atoms with Gasteiger partial charge in [-0.1, -0.05) is 19.9 Å². The van der Waals surface area contributed by atoms with Crippen LogP contribution in [-0.2, 0) is 6.18 Å². The first-order chi connectivity index (χ1) is 11.8. The Bertz CT molecular complexity index is 715. The first-order valence-corrected chi connectivity index (χ1v) is 7.82. The Hall–Kier alpha value is -2.64. The average Bonchev–Trinajstić information content (AvgIpc) is 2.54. The van der Waals surface area contributed by atoms with Crippen molar-refractivity contribution in [1.82, 2.24) is 15.5 Å². The Balaban J connectivity index is 2.00. The molecule has 5 nitrogen and oxygen atoms in total. The molecule has 0 saturated heterocycles. The van der Waals surface area contributed by atoms with Gasteiger partial charge >= 0.3 is 6.18 Å². The summed E-state index contributed by atoms with van der Waals surface area (Å²) >= 11 is 0. The molecule has 8 heteroatoms. The van der Waals surface area contributed by atoms with Gasteiger partial charge in [-0.3, -0.25) is 4.79 Å². The van der Waals surface area contributed by atoms with E-state index in [0.717, 1.165) is 18.6 Å². The molecule has 0 radical (unpaired) electrons. The molecule has 0 aliphatic heterocycles. The number of amides is 1. The van der Waals surface area contributed by atoms with Crippen LogP contribution < -0.4 is 10.6 Å². The zero-order chi connectivity index (χ0) is 18.4. The number of nitrogens with one attached hydrogen (secondary N) is 2. The normalized spacial score (nSPS) is 11.4. The van der Waals surface area contributed by atoms with Crippen LogP contribution in [0.3, 0.4) is 0 Å². The molecular weight excluding hydrogens is 333 g/mol. The number of hydrogen-bond acceptors (Lipinski definition) is 4. The largest absolute Gasteiger partial charge is 0.416 e. The van der Waals surface area contributed by atoms with Crippen molar-refractivity contribution < 1.29 is 18.0 Å². The summed E-state index contributed by atoms with van der Waals surface area (Å²) in [4.78, 5) is 11.9. The van der Waals surface area contributed by atoms with Crippen molar-refractivity contribution in [3.05, 3.63) is 47.7 Å². The van der Waals surface area contributed by atoms with Crippen molar-refractivity contribution >= 4 is 17.4 Å². The monoisotopic (exact) mass is 352 g/mol. The van der Waals surface area contributed by atoms with Crippen LogP contribution in [0, 0.1) is 5.92 Å². The smallest absolute Gasteiger partial charge is 0.351 e. The van der Waals surface area contributed by atoms with Crippen molar-refractivity contribution in [2.24, 2.45) is 5.92 Å². The molecule has 134 valence electrons. The summed E-state index contributed by atoms with van der Waals surface area (Å²) in [5.74, 6) is 0.391. The first kappa shape index (κ1) is 18.7. The van der Waals surface area contributed by atoms with E-state index in [1.165, 1.54) is 24.3 Å². The maximum Gasteiger partial charge on any atom is 0.416 e. The van der Waals surface area contributed by atoms with E-state index < -0.39 is 11.7 Å². The maximum absolute atomic E-state index is 12.7. The van der Waals surface area contributed by atoms with Gasteiger partial charge in [-0.15, -0.1) is 10.2 Å². The molecule has 1 aromatic heterocycles. The second kappa shape index (κ2) is 7.96. The third-order valence-corrected chi connectivity index (χ3v) is 3.37. The molecular formula is C17H19F3N4O. The van der Waals surface area contributed by atoms with Crippen LogP contribution in [-0.4, -0.2) is 22.6 Å². The molecule has 0 saturated carbocycles. The molecule has 2 N–H and O–H groups in total. The van der Waals surface area contributed by atoms with Crippen LogP contribution in [0.5, 0.6) is 0 Å². The molecule has 2 aromatic rings. The quantitative estimate of drug-likeness (QED) is 0.824. The van der Waals surface area contributed by atoms with Crippen molar-refractivity contribution in [3.8, 4) is 0 Å². The number of halogens is 3. The van der Waals surface area contributed by atoms with E-state index in [4.69, 9.17) is 0 Å². The second-order valence-electron chi connectivity index (χ2n) is 5.95. The summed E-state index contributed by atoms with van der Waals surface area (Å²) in [6.45, 7) is 4.66. The summed E-state index contributed by atoms with van der Waals surface area (Å²) in [6, 6.07) is 7.71. The lowest BCUT2D eigenvalue weighted by Crippen LogP contribution is -2.26. The number of anilines is 2. The number of carbonyl (C=O) groups excluding carboxylic acids is 1. The highest BCUT2D eigenvalue weighted by Gasteiger charge is 2.30. The zero-order valence-electron chi connectivity index (χ0n) is 13.9. The molecule has 0 fully saturated rings. The predicted molar refractivity (Wildman–Crippen MR) is 88.5 cm³/mol. The fourth-order valence-corrected chi connectivity index (χ4v) is 2.01. The van der Waals surface area contributed by atoms with Gasteiger partial charge in [0, 0.05) is 12.2 Å². The highest BCUT2D eigenvalue weighted by molar-refractivity contribution is 5.92. The molecule has 1 amide bonds. The zero-order valence-corrected chi connectivity index (χ0v) is 13.9. The number of carbonyl (C=O) groups is 1. The molecule has 0 aliphatic carbocycles. The number of benzene rings is 1. The SMILES string of the molecule is CC(C)CCNC(=O)c1ccc(Nc2cccc(C(F)(F)F)c2)nn1. The standard InChI is InChI=1S/C17H19F3N4O/c1-11(2)8-9-21-16(25)14-6-7-15(24-23-14)22-13-5-3-4-12(10-13)17(18,19)20/h3-7,10-11H,8-9H2,1-2H3,(H,21,25)(H,22,24). The Morgan fingerprint density at radius 2 is 1.92 bits per heavy atom. The number of aromatic nitrogens is 2. The number of hydrogen-bond donors (Lipinski definition) is 2. The van der Waals surface area contributed by atoms with Crippen LogP contribution in [0.15, 0.2) is 36.4 Å². The summed E-state index contributed by atoms with van der Waals surface area (Å²) in [5.41, 5.74) is -0.372. The molecule has 0 aliphatic rings.